The summed E-state index contributed by atoms with van der Waals surface area (Å²) in [5.74, 6) is -1.31. The number of halogens is 4. The number of para-hydroxylation sites is 1. The van der Waals surface area contributed by atoms with Gasteiger partial charge in [0.25, 0.3) is 11.8 Å². The van der Waals surface area contributed by atoms with Crippen LogP contribution in [-0.2, 0) is 6.18 Å². The van der Waals surface area contributed by atoms with E-state index in [1.165, 1.54) is 40.1 Å². The molecule has 3 aromatic rings. The maximum atomic E-state index is 13.8. The third kappa shape index (κ3) is 4.57. The molecule has 11 heteroatoms. The van der Waals surface area contributed by atoms with Crippen LogP contribution in [0.3, 0.4) is 0 Å². The number of hydrogen-bond donors (Lipinski definition) is 0. The fraction of sp³-hybridized carbons (Fsp3) is 0.273. The lowest BCUT2D eigenvalue weighted by atomic mass is 10.1. The van der Waals surface area contributed by atoms with Crippen LogP contribution in [0, 0.1) is 12.7 Å². The molecular weight excluding hydrogens is 442 g/mol. The van der Waals surface area contributed by atoms with Gasteiger partial charge in [-0.1, -0.05) is 23.4 Å². The zero-order chi connectivity index (χ0) is 23.8. The number of nitrogens with zero attached hydrogens (tertiary/aromatic N) is 5. The molecule has 0 bridgehead atoms. The van der Waals surface area contributed by atoms with E-state index in [-0.39, 0.29) is 49.0 Å². The van der Waals surface area contributed by atoms with E-state index in [1.807, 2.05) is 0 Å². The van der Waals surface area contributed by atoms with Crippen LogP contribution in [0.5, 0.6) is 0 Å². The lowest BCUT2D eigenvalue weighted by Crippen LogP contribution is -2.50. The molecule has 0 radical (unpaired) electrons. The summed E-state index contributed by atoms with van der Waals surface area (Å²) in [6.45, 7) is 2.46. The molecule has 0 saturated carbocycles. The van der Waals surface area contributed by atoms with Crippen LogP contribution in [0.2, 0.25) is 0 Å². The molecule has 1 aliphatic heterocycles. The summed E-state index contributed by atoms with van der Waals surface area (Å²) >= 11 is 0. The van der Waals surface area contributed by atoms with Gasteiger partial charge in [0.1, 0.15) is 5.82 Å². The number of benzene rings is 2. The molecule has 4 rings (SSSR count). The van der Waals surface area contributed by atoms with Crippen molar-refractivity contribution in [1.82, 2.24) is 24.8 Å². The Bertz CT molecular complexity index is 1200. The Morgan fingerprint density at radius 2 is 1.58 bits per heavy atom. The van der Waals surface area contributed by atoms with Crippen LogP contribution < -0.4 is 0 Å². The topological polar surface area (TPSA) is 71.3 Å². The van der Waals surface area contributed by atoms with Crippen LogP contribution in [0.4, 0.5) is 17.6 Å². The minimum Gasteiger partial charge on any atom is -0.335 e. The van der Waals surface area contributed by atoms with Gasteiger partial charge in [0.05, 0.1) is 17.4 Å². The second-order valence-corrected chi connectivity index (χ2v) is 7.61. The van der Waals surface area contributed by atoms with Gasteiger partial charge in [-0.2, -0.15) is 13.2 Å². The largest absolute Gasteiger partial charge is 0.418 e. The minimum absolute atomic E-state index is 0.104. The average molecular weight is 461 g/mol. The van der Waals surface area contributed by atoms with Crippen molar-refractivity contribution < 1.29 is 27.2 Å². The van der Waals surface area contributed by atoms with Gasteiger partial charge in [0.15, 0.2) is 5.69 Å². The highest BCUT2D eigenvalue weighted by Gasteiger charge is 2.34. The summed E-state index contributed by atoms with van der Waals surface area (Å²) in [6.07, 6.45) is -3.44. The summed E-state index contributed by atoms with van der Waals surface area (Å²) in [5.41, 5.74) is -0.574. The number of aromatic nitrogens is 3. The number of amides is 2. The molecule has 0 unspecified atom stereocenters. The second-order valence-electron chi connectivity index (χ2n) is 7.61. The Balaban J connectivity index is 1.44. The lowest BCUT2D eigenvalue weighted by Gasteiger charge is -2.34. The van der Waals surface area contributed by atoms with Gasteiger partial charge < -0.3 is 9.80 Å². The smallest absolute Gasteiger partial charge is 0.335 e. The maximum absolute atomic E-state index is 13.8. The van der Waals surface area contributed by atoms with Crippen molar-refractivity contribution in [3.05, 3.63) is 76.9 Å². The molecule has 33 heavy (non-hydrogen) atoms. The first-order valence-corrected chi connectivity index (χ1v) is 10.1. The lowest BCUT2D eigenvalue weighted by molar-refractivity contribution is -0.137. The first-order valence-electron chi connectivity index (χ1n) is 10.1. The van der Waals surface area contributed by atoms with E-state index in [0.29, 0.717) is 5.56 Å². The molecule has 172 valence electrons. The first kappa shape index (κ1) is 22.4. The van der Waals surface area contributed by atoms with Gasteiger partial charge in [0, 0.05) is 31.7 Å². The van der Waals surface area contributed by atoms with E-state index in [4.69, 9.17) is 0 Å². The number of carbonyl (C=O) groups is 2. The molecule has 7 nitrogen and oxygen atoms in total. The number of hydrogen-bond acceptors (Lipinski definition) is 4. The highest BCUT2D eigenvalue weighted by atomic mass is 19.4. The molecule has 2 amide bonds. The summed E-state index contributed by atoms with van der Waals surface area (Å²) in [4.78, 5) is 28.4. The molecule has 1 aliphatic rings. The normalized spacial score (nSPS) is 14.5. The van der Waals surface area contributed by atoms with E-state index < -0.39 is 23.5 Å². The van der Waals surface area contributed by atoms with Crippen LogP contribution in [0.1, 0.15) is 32.0 Å². The van der Waals surface area contributed by atoms with Crippen molar-refractivity contribution in [2.24, 2.45) is 0 Å². The average Bonchev–Trinajstić information content (AvgIpc) is 3.30. The Morgan fingerprint density at radius 1 is 0.939 bits per heavy atom. The van der Waals surface area contributed by atoms with Gasteiger partial charge in [-0.3, -0.25) is 9.59 Å². The molecule has 1 aromatic heterocycles. The van der Waals surface area contributed by atoms with E-state index in [0.717, 1.165) is 16.9 Å². The molecule has 0 spiro atoms. The molecule has 0 atom stereocenters. The third-order valence-electron chi connectivity index (χ3n) is 5.44. The van der Waals surface area contributed by atoms with Crippen LogP contribution in [0.15, 0.2) is 48.7 Å². The summed E-state index contributed by atoms with van der Waals surface area (Å²) in [6, 6.07) is 9.13. The molecular formula is C22H19F4N5O2. The van der Waals surface area contributed by atoms with Gasteiger partial charge >= 0.3 is 6.18 Å². The zero-order valence-corrected chi connectivity index (χ0v) is 17.5. The fourth-order valence-electron chi connectivity index (χ4n) is 3.58. The highest BCUT2D eigenvalue weighted by Crippen LogP contribution is 2.33. The molecule has 0 N–H and O–H groups in total. The predicted molar refractivity (Wildman–Crippen MR) is 109 cm³/mol. The monoisotopic (exact) mass is 461 g/mol. The van der Waals surface area contributed by atoms with Crippen molar-refractivity contribution in [2.45, 2.75) is 13.1 Å². The van der Waals surface area contributed by atoms with Crippen molar-refractivity contribution in [2.75, 3.05) is 26.2 Å². The zero-order valence-electron chi connectivity index (χ0n) is 17.5. The first-order chi connectivity index (χ1) is 15.6. The van der Waals surface area contributed by atoms with Gasteiger partial charge in [-0.05, 0) is 36.8 Å². The fourth-order valence-corrected chi connectivity index (χ4v) is 3.58. The Morgan fingerprint density at radius 3 is 2.21 bits per heavy atom. The van der Waals surface area contributed by atoms with Gasteiger partial charge in [0.2, 0.25) is 0 Å². The van der Waals surface area contributed by atoms with Crippen molar-refractivity contribution in [3.63, 3.8) is 0 Å². The van der Waals surface area contributed by atoms with Crippen molar-refractivity contribution in [1.29, 1.82) is 0 Å². The number of piperazine rings is 1. The number of alkyl halides is 3. The molecule has 2 aromatic carbocycles. The Labute approximate surface area is 186 Å². The number of aryl methyl sites for hydroxylation is 1. The summed E-state index contributed by atoms with van der Waals surface area (Å²) < 4.78 is 54.5. The van der Waals surface area contributed by atoms with Gasteiger partial charge in [-0.25, -0.2) is 9.07 Å². The van der Waals surface area contributed by atoms with Crippen LogP contribution >= 0.6 is 0 Å². The van der Waals surface area contributed by atoms with Crippen molar-refractivity contribution in [3.8, 4) is 5.69 Å². The number of carbonyl (C=O) groups excluding carboxylic acids is 2. The van der Waals surface area contributed by atoms with E-state index in [1.54, 1.807) is 13.0 Å². The minimum atomic E-state index is -4.59. The Kier molecular flexibility index (Phi) is 5.88. The predicted octanol–water partition coefficient (Wildman–Crippen LogP) is 3.33. The second kappa shape index (κ2) is 8.64. The van der Waals surface area contributed by atoms with E-state index >= 15 is 0 Å². The Hall–Kier alpha value is -3.76. The maximum Gasteiger partial charge on any atom is 0.418 e. The quantitative estimate of drug-likeness (QED) is 0.561. The van der Waals surface area contributed by atoms with E-state index in [2.05, 4.69) is 10.3 Å². The molecule has 1 saturated heterocycles. The van der Waals surface area contributed by atoms with E-state index in [9.17, 15) is 27.2 Å². The highest BCUT2D eigenvalue weighted by molar-refractivity contribution is 5.95. The standard InChI is InChI=1S/C22H19F4N5O2/c1-14-6-7-15(12-17(14)23)20(32)29-8-10-30(11-9-29)21(33)18-13-31(28-27-18)19-5-3-2-4-16(19)22(24,25)26/h2-7,12-13H,8-11H2,1H3. The molecule has 2 heterocycles. The SMILES string of the molecule is Cc1ccc(C(=O)N2CCN(C(=O)c3cn(-c4ccccc4C(F)(F)F)nn3)CC2)cc1F. The van der Waals surface area contributed by atoms with Crippen molar-refractivity contribution >= 4 is 11.8 Å². The van der Waals surface area contributed by atoms with Crippen LogP contribution in [0.25, 0.3) is 5.69 Å². The van der Waals surface area contributed by atoms with Gasteiger partial charge in [-0.15, -0.1) is 5.10 Å². The van der Waals surface area contributed by atoms with Crippen LogP contribution in [-0.4, -0.2) is 62.8 Å². The molecule has 1 fully saturated rings. The molecule has 0 aliphatic carbocycles. The number of rotatable bonds is 3. The third-order valence-corrected chi connectivity index (χ3v) is 5.44. The summed E-state index contributed by atoms with van der Waals surface area (Å²) in [7, 11) is 0. The summed E-state index contributed by atoms with van der Waals surface area (Å²) in [5, 5.41) is 7.44.